The molecule has 0 amide bonds. The van der Waals surface area contributed by atoms with Crippen molar-refractivity contribution >= 4 is 34.0 Å². The fraction of sp³-hybridized carbons (Fsp3) is 0.400. The van der Waals surface area contributed by atoms with Gasteiger partial charge in [-0.3, -0.25) is 0 Å². The summed E-state index contributed by atoms with van der Waals surface area (Å²) in [5, 5.41) is 4.38. The molecule has 0 spiro atoms. The number of rotatable bonds is 7. The Kier molecular flexibility index (Phi) is 5.24. The fourth-order valence-electron chi connectivity index (χ4n) is 3.44. The van der Waals surface area contributed by atoms with Crippen molar-refractivity contribution in [2.75, 3.05) is 0 Å². The highest BCUT2D eigenvalue weighted by Crippen LogP contribution is 2.63. The molecule has 2 aromatic rings. The fourth-order valence-corrected chi connectivity index (χ4v) is 8.53. The van der Waals surface area contributed by atoms with Crippen molar-refractivity contribution in [1.82, 2.24) is 0 Å². The number of fused-ring (bicyclic) bond motifs is 1. The third-order valence-corrected chi connectivity index (χ3v) is 9.55. The van der Waals surface area contributed by atoms with E-state index >= 15 is 0 Å². The molecule has 0 radical (unpaired) electrons. The van der Waals surface area contributed by atoms with Crippen molar-refractivity contribution in [3.63, 3.8) is 0 Å². The SMILES string of the molecule is CCCCC1=C(CCCC)P(=O)(c2ccccc2)c2sccc21. The maximum atomic E-state index is 14.3. The highest BCUT2D eigenvalue weighted by molar-refractivity contribution is 7.87. The van der Waals surface area contributed by atoms with E-state index < -0.39 is 7.14 Å². The van der Waals surface area contributed by atoms with Crippen molar-refractivity contribution in [1.29, 1.82) is 0 Å². The van der Waals surface area contributed by atoms with Gasteiger partial charge in [-0.25, -0.2) is 0 Å². The van der Waals surface area contributed by atoms with Crippen LogP contribution in [0.15, 0.2) is 47.1 Å². The lowest BCUT2D eigenvalue weighted by Crippen LogP contribution is -2.13. The summed E-state index contributed by atoms with van der Waals surface area (Å²) in [5.41, 5.74) is 2.67. The number of unbranched alkanes of at least 4 members (excludes halogenated alkanes) is 2. The second-order valence-electron chi connectivity index (χ2n) is 6.22. The normalized spacial score (nSPS) is 20.1. The van der Waals surface area contributed by atoms with Crippen LogP contribution in [-0.2, 0) is 4.57 Å². The van der Waals surface area contributed by atoms with E-state index in [1.165, 1.54) is 29.3 Å². The van der Waals surface area contributed by atoms with Crippen LogP contribution >= 0.6 is 18.5 Å². The number of benzene rings is 1. The maximum absolute atomic E-state index is 14.3. The summed E-state index contributed by atoms with van der Waals surface area (Å²) in [4.78, 5) is 0. The quantitative estimate of drug-likeness (QED) is 0.549. The van der Waals surface area contributed by atoms with Crippen molar-refractivity contribution in [2.24, 2.45) is 0 Å². The maximum Gasteiger partial charge on any atom is 0.177 e. The highest BCUT2D eigenvalue weighted by Gasteiger charge is 2.42. The molecule has 3 heteroatoms. The zero-order chi connectivity index (χ0) is 16.3. The first-order chi connectivity index (χ1) is 11.2. The molecule has 0 fully saturated rings. The second kappa shape index (κ2) is 7.20. The average molecular weight is 344 g/mol. The first-order valence-electron chi connectivity index (χ1n) is 8.70. The van der Waals surface area contributed by atoms with Gasteiger partial charge < -0.3 is 4.57 Å². The minimum absolute atomic E-state index is 0.975. The standard InChI is InChI=1S/C20H25OPS/c1-3-5-12-17-18-14-15-23-20(18)22(21,19(17)13-6-4-2)16-10-8-7-9-11-16/h7-11,14-15H,3-6,12-13H2,1-2H3. The van der Waals surface area contributed by atoms with Gasteiger partial charge in [0, 0.05) is 16.2 Å². The van der Waals surface area contributed by atoms with Crippen LogP contribution in [0.25, 0.3) is 5.57 Å². The smallest absolute Gasteiger partial charge is 0.177 e. The van der Waals surface area contributed by atoms with Crippen LogP contribution in [0.2, 0.25) is 0 Å². The van der Waals surface area contributed by atoms with Crippen molar-refractivity contribution in [3.05, 3.63) is 52.7 Å². The van der Waals surface area contributed by atoms with Crippen LogP contribution in [0.5, 0.6) is 0 Å². The van der Waals surface area contributed by atoms with Gasteiger partial charge in [0.05, 0.1) is 4.62 Å². The minimum atomic E-state index is -2.60. The molecule has 122 valence electrons. The van der Waals surface area contributed by atoms with Crippen LogP contribution in [0.3, 0.4) is 0 Å². The van der Waals surface area contributed by atoms with Crippen LogP contribution in [0, 0.1) is 0 Å². The molecule has 1 nitrogen and oxygen atoms in total. The topological polar surface area (TPSA) is 17.1 Å². The molecule has 0 saturated heterocycles. The molecule has 3 rings (SSSR count). The average Bonchev–Trinajstić information content (AvgIpc) is 3.15. The van der Waals surface area contributed by atoms with E-state index in [4.69, 9.17) is 0 Å². The van der Waals surface area contributed by atoms with E-state index in [0.29, 0.717) is 0 Å². The highest BCUT2D eigenvalue weighted by atomic mass is 32.1. The van der Waals surface area contributed by atoms with E-state index in [2.05, 4.69) is 37.4 Å². The van der Waals surface area contributed by atoms with Gasteiger partial charge in [0.15, 0.2) is 7.14 Å². The van der Waals surface area contributed by atoms with E-state index in [-0.39, 0.29) is 0 Å². The van der Waals surface area contributed by atoms with Crippen molar-refractivity contribution < 1.29 is 4.57 Å². The summed E-state index contributed by atoms with van der Waals surface area (Å²) in [7, 11) is -2.60. The molecule has 1 aromatic carbocycles. The molecule has 1 aliphatic rings. The lowest BCUT2D eigenvalue weighted by Gasteiger charge is -2.18. The van der Waals surface area contributed by atoms with E-state index in [0.717, 1.165) is 35.6 Å². The Hall–Kier alpha value is -1.11. The Balaban J connectivity index is 2.16. The molecule has 0 bridgehead atoms. The number of allylic oxidation sites excluding steroid dienone is 2. The van der Waals surface area contributed by atoms with E-state index in [1.807, 2.05) is 18.2 Å². The van der Waals surface area contributed by atoms with Crippen LogP contribution in [-0.4, -0.2) is 0 Å². The van der Waals surface area contributed by atoms with Crippen molar-refractivity contribution in [2.45, 2.75) is 52.4 Å². The Morgan fingerprint density at radius 2 is 1.65 bits per heavy atom. The van der Waals surface area contributed by atoms with Gasteiger partial charge in [-0.2, -0.15) is 0 Å². The molecule has 0 saturated carbocycles. The predicted molar refractivity (Wildman–Crippen MR) is 104 cm³/mol. The Morgan fingerprint density at radius 3 is 2.35 bits per heavy atom. The molecule has 2 heterocycles. The van der Waals surface area contributed by atoms with Gasteiger partial charge in [0.1, 0.15) is 0 Å². The zero-order valence-electron chi connectivity index (χ0n) is 14.0. The Labute approximate surface area is 143 Å². The molecule has 0 aliphatic carbocycles. The van der Waals surface area contributed by atoms with E-state index in [9.17, 15) is 4.57 Å². The second-order valence-corrected chi connectivity index (χ2v) is 10.2. The number of thiophene rings is 1. The van der Waals surface area contributed by atoms with Gasteiger partial charge >= 0.3 is 0 Å². The minimum Gasteiger partial charge on any atom is -0.308 e. The summed E-state index contributed by atoms with van der Waals surface area (Å²) in [5.74, 6) is 0. The van der Waals surface area contributed by atoms with E-state index in [1.54, 1.807) is 11.3 Å². The molecular weight excluding hydrogens is 319 g/mol. The molecule has 23 heavy (non-hydrogen) atoms. The zero-order valence-corrected chi connectivity index (χ0v) is 15.8. The Morgan fingerprint density at radius 1 is 0.957 bits per heavy atom. The summed E-state index contributed by atoms with van der Waals surface area (Å²) >= 11 is 1.68. The predicted octanol–water partition coefficient (Wildman–Crippen LogP) is 6.17. The largest absolute Gasteiger partial charge is 0.308 e. The number of hydrogen-bond donors (Lipinski definition) is 0. The first kappa shape index (κ1) is 16.7. The van der Waals surface area contributed by atoms with Gasteiger partial charge in [-0.05, 0) is 42.7 Å². The summed E-state index contributed by atoms with van der Waals surface area (Å²) < 4.78 is 15.4. The van der Waals surface area contributed by atoms with Gasteiger partial charge in [0.25, 0.3) is 0 Å². The van der Waals surface area contributed by atoms with Gasteiger partial charge in [-0.1, -0.05) is 57.0 Å². The van der Waals surface area contributed by atoms with Crippen LogP contribution in [0.4, 0.5) is 0 Å². The Bertz CT molecular complexity index is 742. The summed E-state index contributed by atoms with van der Waals surface area (Å²) in [6, 6.07) is 12.3. The molecule has 1 aromatic heterocycles. The monoisotopic (exact) mass is 344 g/mol. The van der Waals surface area contributed by atoms with Crippen LogP contribution in [0.1, 0.15) is 57.9 Å². The lowest BCUT2D eigenvalue weighted by molar-refractivity contribution is 0.589. The van der Waals surface area contributed by atoms with Crippen LogP contribution < -0.4 is 9.92 Å². The molecule has 1 unspecified atom stereocenters. The molecular formula is C20H25OPS. The third kappa shape index (κ3) is 2.88. The molecule has 1 aliphatic heterocycles. The molecule has 0 N–H and O–H groups in total. The lowest BCUT2D eigenvalue weighted by atomic mass is 10.0. The third-order valence-electron chi connectivity index (χ3n) is 4.65. The molecule has 1 atom stereocenters. The van der Waals surface area contributed by atoms with Gasteiger partial charge in [0.2, 0.25) is 0 Å². The van der Waals surface area contributed by atoms with Crippen molar-refractivity contribution in [3.8, 4) is 0 Å². The number of hydrogen-bond acceptors (Lipinski definition) is 2. The van der Waals surface area contributed by atoms with Gasteiger partial charge in [-0.15, -0.1) is 11.3 Å². The summed E-state index contributed by atoms with van der Waals surface area (Å²) in [6.07, 6.45) is 6.66. The first-order valence-corrected chi connectivity index (χ1v) is 11.3. The summed E-state index contributed by atoms with van der Waals surface area (Å²) in [6.45, 7) is 4.44.